The Bertz CT molecular complexity index is 2450. The molecular weight excluding hydrogens is 737 g/mol. The van der Waals surface area contributed by atoms with E-state index in [2.05, 4.69) is 257 Å². The molecule has 0 spiro atoms. The zero-order valence-corrected chi connectivity index (χ0v) is 36.2. The van der Waals surface area contributed by atoms with Gasteiger partial charge >= 0.3 is 0 Å². The average molecular weight is 793 g/mol. The summed E-state index contributed by atoms with van der Waals surface area (Å²) >= 11 is 0. The van der Waals surface area contributed by atoms with E-state index in [0.717, 1.165) is 47.0 Å². The summed E-state index contributed by atoms with van der Waals surface area (Å²) in [5.74, 6) is 0.648. The molecule has 302 valence electrons. The normalized spacial score (nSPS) is 11.6. The fraction of sp³-hybridized carbons (Fsp3) is 0.153. The molecule has 61 heavy (non-hydrogen) atoms. The topological polar surface area (TPSA) is 6.48 Å². The van der Waals surface area contributed by atoms with Gasteiger partial charge in [0.25, 0.3) is 0 Å². The highest BCUT2D eigenvalue weighted by Crippen LogP contribution is 2.42. The van der Waals surface area contributed by atoms with Crippen LogP contribution >= 0.6 is 0 Å². The van der Waals surface area contributed by atoms with Gasteiger partial charge in [-0.1, -0.05) is 163 Å². The van der Waals surface area contributed by atoms with E-state index in [0.29, 0.717) is 5.92 Å². The third-order valence-corrected chi connectivity index (χ3v) is 11.8. The lowest BCUT2D eigenvalue weighted by Crippen LogP contribution is -2.14. The summed E-state index contributed by atoms with van der Waals surface area (Å²) in [6.45, 7) is 11.1. The fourth-order valence-corrected chi connectivity index (χ4v) is 8.46. The van der Waals surface area contributed by atoms with Crippen molar-refractivity contribution < 1.29 is 0 Å². The first-order valence-corrected chi connectivity index (χ1v) is 21.7. The lowest BCUT2D eigenvalue weighted by atomic mass is 9.79. The Kier molecular flexibility index (Phi) is 12.7. The number of hydrogen-bond acceptors (Lipinski definition) is 2. The second-order valence-electron chi connectivity index (χ2n) is 16.7. The first-order valence-electron chi connectivity index (χ1n) is 21.7. The molecule has 0 fully saturated rings. The first kappa shape index (κ1) is 40.9. The van der Waals surface area contributed by atoms with E-state index in [1.54, 1.807) is 0 Å². The van der Waals surface area contributed by atoms with Gasteiger partial charge in [-0.3, -0.25) is 0 Å². The van der Waals surface area contributed by atoms with Crippen molar-refractivity contribution in [2.75, 3.05) is 9.80 Å². The zero-order chi connectivity index (χ0) is 42.1. The summed E-state index contributed by atoms with van der Waals surface area (Å²) < 4.78 is 0. The van der Waals surface area contributed by atoms with E-state index in [1.807, 2.05) is 0 Å². The van der Waals surface area contributed by atoms with Crippen LogP contribution in [0.25, 0.3) is 22.3 Å². The standard InChI is InChI=1S/C59H56N2/c1-43(2)13-12-14-46(5)59(51-27-39-57(40-28-51)60(53-31-19-44(3)20-32-53)55-35-23-49(24-36-55)47-15-8-6-9-16-47)52-29-41-58(42-30-52)61(54-33-21-45(4)22-34-54)56-37-25-50(26-38-56)48-17-10-7-11-18-48/h6-11,13,15-42,46,59H,12,14H2,1-5H3. The van der Waals surface area contributed by atoms with E-state index in [4.69, 9.17) is 0 Å². The Morgan fingerprint density at radius 2 is 0.689 bits per heavy atom. The summed E-state index contributed by atoms with van der Waals surface area (Å²) in [4.78, 5) is 4.73. The van der Waals surface area contributed by atoms with Gasteiger partial charge in [0.2, 0.25) is 0 Å². The number of anilines is 6. The molecule has 0 aliphatic carbocycles. The minimum Gasteiger partial charge on any atom is -0.311 e. The van der Waals surface area contributed by atoms with Gasteiger partial charge in [0.05, 0.1) is 0 Å². The molecule has 0 aliphatic rings. The Labute approximate surface area is 364 Å². The van der Waals surface area contributed by atoms with Crippen molar-refractivity contribution in [1.82, 2.24) is 0 Å². The predicted molar refractivity (Wildman–Crippen MR) is 262 cm³/mol. The van der Waals surface area contributed by atoms with Gasteiger partial charge < -0.3 is 9.80 Å². The third kappa shape index (κ3) is 9.77. The maximum absolute atomic E-state index is 2.42. The molecule has 0 N–H and O–H groups in total. The molecule has 2 heteroatoms. The molecule has 0 amide bonds. The third-order valence-electron chi connectivity index (χ3n) is 11.8. The maximum atomic E-state index is 2.42. The molecule has 1 unspecified atom stereocenters. The lowest BCUT2D eigenvalue weighted by Gasteiger charge is -2.29. The quantitative estimate of drug-likeness (QED) is 0.101. The van der Waals surface area contributed by atoms with Crippen molar-refractivity contribution >= 4 is 34.1 Å². The van der Waals surface area contributed by atoms with Crippen LogP contribution in [0.3, 0.4) is 0 Å². The van der Waals surface area contributed by atoms with Gasteiger partial charge in [0.15, 0.2) is 0 Å². The Balaban J connectivity index is 1.13. The smallest absolute Gasteiger partial charge is 0.0462 e. The van der Waals surface area contributed by atoms with Crippen LogP contribution in [-0.4, -0.2) is 0 Å². The molecule has 0 saturated heterocycles. The average Bonchev–Trinajstić information content (AvgIpc) is 3.30. The second kappa shape index (κ2) is 19.0. The van der Waals surface area contributed by atoms with Crippen LogP contribution in [0.1, 0.15) is 61.8 Å². The van der Waals surface area contributed by atoms with Gasteiger partial charge in [0.1, 0.15) is 0 Å². The number of rotatable bonds is 14. The van der Waals surface area contributed by atoms with Crippen LogP contribution in [0.15, 0.2) is 218 Å². The molecule has 0 radical (unpaired) electrons. The van der Waals surface area contributed by atoms with Crippen molar-refractivity contribution in [3.63, 3.8) is 0 Å². The van der Waals surface area contributed by atoms with Crippen LogP contribution in [0.5, 0.6) is 0 Å². The fourth-order valence-electron chi connectivity index (χ4n) is 8.46. The minimum atomic E-state index is 0.227. The Morgan fingerprint density at radius 1 is 0.393 bits per heavy atom. The van der Waals surface area contributed by atoms with Crippen molar-refractivity contribution in [3.8, 4) is 22.3 Å². The van der Waals surface area contributed by atoms with Crippen LogP contribution in [0, 0.1) is 19.8 Å². The molecule has 8 rings (SSSR count). The van der Waals surface area contributed by atoms with E-state index in [-0.39, 0.29) is 5.92 Å². The van der Waals surface area contributed by atoms with E-state index in [9.17, 15) is 0 Å². The first-order chi connectivity index (χ1) is 29.8. The summed E-state index contributed by atoms with van der Waals surface area (Å²) in [6.07, 6.45) is 4.55. The van der Waals surface area contributed by atoms with Gasteiger partial charge in [-0.05, 0) is 153 Å². The van der Waals surface area contributed by atoms with Gasteiger partial charge in [-0.15, -0.1) is 0 Å². The summed E-state index contributed by atoms with van der Waals surface area (Å²) in [7, 11) is 0. The molecule has 1 atom stereocenters. The van der Waals surface area contributed by atoms with E-state index >= 15 is 0 Å². The minimum absolute atomic E-state index is 0.227. The molecular formula is C59H56N2. The van der Waals surface area contributed by atoms with E-state index < -0.39 is 0 Å². The van der Waals surface area contributed by atoms with Crippen molar-refractivity contribution in [1.29, 1.82) is 0 Å². The van der Waals surface area contributed by atoms with Gasteiger partial charge in [-0.2, -0.15) is 0 Å². The van der Waals surface area contributed by atoms with Gasteiger partial charge in [0, 0.05) is 40.0 Å². The number of aryl methyl sites for hydroxylation is 2. The largest absolute Gasteiger partial charge is 0.311 e. The van der Waals surface area contributed by atoms with Crippen molar-refractivity contribution in [2.24, 2.45) is 5.92 Å². The number of hydrogen-bond donors (Lipinski definition) is 0. The van der Waals surface area contributed by atoms with Gasteiger partial charge in [-0.25, -0.2) is 0 Å². The Hall–Kier alpha value is -6.90. The van der Waals surface area contributed by atoms with Crippen LogP contribution < -0.4 is 9.80 Å². The number of nitrogens with zero attached hydrogens (tertiary/aromatic N) is 2. The summed E-state index contributed by atoms with van der Waals surface area (Å²) in [6, 6.07) is 75.4. The van der Waals surface area contributed by atoms with Crippen molar-refractivity contribution in [3.05, 3.63) is 240 Å². The van der Waals surface area contributed by atoms with Crippen LogP contribution in [0.2, 0.25) is 0 Å². The maximum Gasteiger partial charge on any atom is 0.0462 e. The molecule has 0 aliphatic heterocycles. The monoisotopic (exact) mass is 792 g/mol. The lowest BCUT2D eigenvalue weighted by molar-refractivity contribution is 0.478. The SMILES string of the molecule is CC(C)=CCCC(C)C(c1ccc(N(c2ccc(C)cc2)c2ccc(-c3ccccc3)cc2)cc1)c1ccc(N(c2ccc(C)cc2)c2ccc(-c3ccccc3)cc2)cc1. The highest BCUT2D eigenvalue weighted by molar-refractivity contribution is 5.80. The molecule has 0 heterocycles. The molecule has 8 aromatic rings. The predicted octanol–water partition coefficient (Wildman–Crippen LogP) is 17.1. The molecule has 2 nitrogen and oxygen atoms in total. The second-order valence-corrected chi connectivity index (χ2v) is 16.7. The van der Waals surface area contributed by atoms with E-state index in [1.165, 1.54) is 50.1 Å². The zero-order valence-electron chi connectivity index (χ0n) is 36.2. The van der Waals surface area contributed by atoms with Crippen LogP contribution in [0.4, 0.5) is 34.1 Å². The highest BCUT2D eigenvalue weighted by atomic mass is 15.1. The summed E-state index contributed by atoms with van der Waals surface area (Å²) in [5, 5.41) is 0. The number of benzene rings is 8. The van der Waals surface area contributed by atoms with Crippen molar-refractivity contribution in [2.45, 2.75) is 53.4 Å². The molecule has 8 aromatic carbocycles. The number of allylic oxidation sites excluding steroid dienone is 2. The Morgan fingerprint density at radius 3 is 1.02 bits per heavy atom. The highest BCUT2D eigenvalue weighted by Gasteiger charge is 2.23. The summed E-state index contributed by atoms with van der Waals surface area (Å²) in [5.41, 5.74) is 18.2. The molecule has 0 saturated carbocycles. The molecule has 0 aromatic heterocycles. The van der Waals surface area contributed by atoms with Crippen LogP contribution in [-0.2, 0) is 0 Å². The molecule has 0 bridgehead atoms.